The molecule has 1 unspecified atom stereocenters. The van der Waals surface area contributed by atoms with Gasteiger partial charge >= 0.3 is 0 Å². The van der Waals surface area contributed by atoms with E-state index in [1.54, 1.807) is 43.5 Å². The normalized spacial score (nSPS) is 15.8. The van der Waals surface area contributed by atoms with Gasteiger partial charge in [0.2, 0.25) is 0 Å². The number of hydrogen-bond acceptors (Lipinski definition) is 5. The third-order valence-corrected chi connectivity index (χ3v) is 6.26. The molecular formula is C27H22INO5. The van der Waals surface area contributed by atoms with E-state index in [4.69, 9.17) is 9.47 Å². The van der Waals surface area contributed by atoms with E-state index in [0.717, 1.165) is 9.13 Å². The molecule has 34 heavy (non-hydrogen) atoms. The van der Waals surface area contributed by atoms with Crippen molar-refractivity contribution in [1.82, 2.24) is 0 Å². The molecule has 0 bridgehead atoms. The molecule has 0 saturated heterocycles. The van der Waals surface area contributed by atoms with Gasteiger partial charge in [0.15, 0.2) is 11.5 Å². The van der Waals surface area contributed by atoms with Crippen molar-refractivity contribution < 1.29 is 24.2 Å². The van der Waals surface area contributed by atoms with E-state index in [1.165, 1.54) is 18.1 Å². The molecule has 6 nitrogen and oxygen atoms in total. The van der Waals surface area contributed by atoms with Gasteiger partial charge in [0.25, 0.3) is 5.91 Å². The summed E-state index contributed by atoms with van der Waals surface area (Å²) < 4.78 is 11.9. The Balaban J connectivity index is 1.84. The van der Waals surface area contributed by atoms with Gasteiger partial charge in [-0.05, 0) is 70.6 Å². The highest BCUT2D eigenvalue weighted by molar-refractivity contribution is 14.1. The zero-order chi connectivity index (χ0) is 24.2. The van der Waals surface area contributed by atoms with Crippen molar-refractivity contribution in [3.05, 3.63) is 105 Å². The Morgan fingerprint density at radius 1 is 1.00 bits per heavy atom. The van der Waals surface area contributed by atoms with Gasteiger partial charge in [-0.15, -0.1) is 0 Å². The number of methoxy groups -OCH3 is 2. The number of carbonyl (C=O) groups excluding carboxylic acids is 2. The average Bonchev–Trinajstić information content (AvgIpc) is 3.13. The summed E-state index contributed by atoms with van der Waals surface area (Å²) in [6.07, 6.45) is 3.03. The molecule has 1 heterocycles. The molecule has 0 radical (unpaired) electrons. The second-order valence-electron chi connectivity index (χ2n) is 7.53. The summed E-state index contributed by atoms with van der Waals surface area (Å²) in [5.41, 5.74) is 1.91. The Morgan fingerprint density at radius 2 is 1.71 bits per heavy atom. The Bertz CT molecular complexity index is 1280. The van der Waals surface area contributed by atoms with Gasteiger partial charge in [-0.2, -0.15) is 0 Å². The molecule has 172 valence electrons. The molecule has 1 amide bonds. The first-order valence-corrected chi connectivity index (χ1v) is 11.5. The third-order valence-electron chi connectivity index (χ3n) is 5.54. The van der Waals surface area contributed by atoms with Crippen LogP contribution < -0.4 is 14.4 Å². The standard InChI is InChI=1S/C27H22INO5/c1-33-20-13-14-21(23(16-20)34-2)25-24(22(30)15-8-17-6-4-3-5-7-17)26(31)27(32)29(25)19-11-9-18(28)10-12-19/h3-16,25,31H,1-2H3. The number of anilines is 1. The first-order chi connectivity index (χ1) is 16.4. The lowest BCUT2D eigenvalue weighted by Crippen LogP contribution is -2.31. The van der Waals surface area contributed by atoms with Crippen LogP contribution in [-0.4, -0.2) is 31.0 Å². The Kier molecular flexibility index (Phi) is 7.02. The van der Waals surface area contributed by atoms with Gasteiger partial charge in [-0.3, -0.25) is 14.5 Å². The number of aliphatic hydroxyl groups excluding tert-OH is 1. The summed E-state index contributed by atoms with van der Waals surface area (Å²) in [7, 11) is 3.05. The van der Waals surface area contributed by atoms with Gasteiger partial charge in [0.05, 0.1) is 25.8 Å². The number of rotatable bonds is 7. The summed E-state index contributed by atoms with van der Waals surface area (Å²) in [5.74, 6) is -0.703. The molecule has 1 aliphatic heterocycles. The van der Waals surface area contributed by atoms with Crippen LogP contribution in [0.4, 0.5) is 5.69 Å². The molecule has 0 fully saturated rings. The van der Waals surface area contributed by atoms with Crippen molar-refractivity contribution in [2.45, 2.75) is 6.04 Å². The molecule has 0 aliphatic carbocycles. The predicted molar refractivity (Wildman–Crippen MR) is 139 cm³/mol. The maximum Gasteiger partial charge on any atom is 0.294 e. The molecule has 1 aliphatic rings. The zero-order valence-electron chi connectivity index (χ0n) is 18.6. The quantitative estimate of drug-likeness (QED) is 0.302. The number of allylic oxidation sites excluding steroid dienone is 1. The minimum Gasteiger partial charge on any atom is -0.503 e. The van der Waals surface area contributed by atoms with E-state index in [9.17, 15) is 14.7 Å². The van der Waals surface area contributed by atoms with Crippen LogP contribution in [0.25, 0.3) is 6.08 Å². The first-order valence-electron chi connectivity index (χ1n) is 10.5. The number of amides is 1. The maximum absolute atomic E-state index is 13.4. The number of ketones is 1. The second kappa shape index (κ2) is 10.1. The lowest BCUT2D eigenvalue weighted by molar-refractivity contribution is -0.117. The molecule has 0 saturated carbocycles. The van der Waals surface area contributed by atoms with Crippen LogP contribution in [0.15, 0.2) is 90.2 Å². The van der Waals surface area contributed by atoms with Gasteiger partial charge in [-0.1, -0.05) is 36.4 Å². The van der Waals surface area contributed by atoms with E-state index in [0.29, 0.717) is 22.7 Å². The monoisotopic (exact) mass is 567 g/mol. The molecule has 3 aromatic carbocycles. The van der Waals surface area contributed by atoms with E-state index in [2.05, 4.69) is 22.6 Å². The molecule has 0 spiro atoms. The van der Waals surface area contributed by atoms with E-state index in [-0.39, 0.29) is 5.57 Å². The van der Waals surface area contributed by atoms with Crippen LogP contribution in [0.1, 0.15) is 17.2 Å². The van der Waals surface area contributed by atoms with Crippen LogP contribution in [-0.2, 0) is 9.59 Å². The van der Waals surface area contributed by atoms with Crippen LogP contribution >= 0.6 is 22.6 Å². The number of nitrogens with zero attached hydrogens (tertiary/aromatic N) is 1. The topological polar surface area (TPSA) is 76.1 Å². The molecule has 7 heteroatoms. The number of benzene rings is 3. The summed E-state index contributed by atoms with van der Waals surface area (Å²) in [4.78, 5) is 28.0. The number of ether oxygens (including phenoxy) is 2. The van der Waals surface area contributed by atoms with Gasteiger partial charge in [0, 0.05) is 20.9 Å². The smallest absolute Gasteiger partial charge is 0.294 e. The van der Waals surface area contributed by atoms with Crippen molar-refractivity contribution >= 4 is 46.0 Å². The van der Waals surface area contributed by atoms with Crippen molar-refractivity contribution in [2.75, 3.05) is 19.1 Å². The van der Waals surface area contributed by atoms with Crippen molar-refractivity contribution in [3.63, 3.8) is 0 Å². The van der Waals surface area contributed by atoms with Crippen molar-refractivity contribution in [1.29, 1.82) is 0 Å². The zero-order valence-corrected chi connectivity index (χ0v) is 20.7. The first kappa shape index (κ1) is 23.6. The lowest BCUT2D eigenvalue weighted by atomic mass is 9.94. The molecule has 3 aromatic rings. The number of halogens is 1. The Hall–Kier alpha value is -3.59. The largest absolute Gasteiger partial charge is 0.503 e. The number of carbonyl (C=O) groups is 2. The SMILES string of the molecule is COc1ccc(C2C(C(=O)C=Cc3ccccc3)=C(O)C(=O)N2c2ccc(I)cc2)c(OC)c1. The molecular weight excluding hydrogens is 545 g/mol. The fourth-order valence-electron chi connectivity index (χ4n) is 3.89. The third kappa shape index (κ3) is 4.56. The van der Waals surface area contributed by atoms with Crippen LogP contribution in [0.2, 0.25) is 0 Å². The van der Waals surface area contributed by atoms with Crippen molar-refractivity contribution in [2.24, 2.45) is 0 Å². The Morgan fingerprint density at radius 3 is 2.35 bits per heavy atom. The predicted octanol–water partition coefficient (Wildman–Crippen LogP) is 5.49. The highest BCUT2D eigenvalue weighted by Gasteiger charge is 2.45. The Labute approximate surface area is 211 Å². The summed E-state index contributed by atoms with van der Waals surface area (Å²) in [6.45, 7) is 0. The molecule has 0 aromatic heterocycles. The summed E-state index contributed by atoms with van der Waals surface area (Å²) in [5, 5.41) is 10.9. The highest BCUT2D eigenvalue weighted by Crippen LogP contribution is 2.45. The number of hydrogen-bond donors (Lipinski definition) is 1. The summed E-state index contributed by atoms with van der Waals surface area (Å²) in [6, 6.07) is 20.9. The minimum atomic E-state index is -0.888. The van der Waals surface area contributed by atoms with Gasteiger partial charge in [0.1, 0.15) is 11.5 Å². The second-order valence-corrected chi connectivity index (χ2v) is 8.78. The van der Waals surface area contributed by atoms with Crippen LogP contribution in [0, 0.1) is 3.57 Å². The lowest BCUT2D eigenvalue weighted by Gasteiger charge is -2.28. The van der Waals surface area contributed by atoms with E-state index >= 15 is 0 Å². The van der Waals surface area contributed by atoms with Crippen LogP contribution in [0.3, 0.4) is 0 Å². The highest BCUT2D eigenvalue weighted by atomic mass is 127. The van der Waals surface area contributed by atoms with Gasteiger partial charge in [-0.25, -0.2) is 0 Å². The number of aliphatic hydroxyl groups is 1. The van der Waals surface area contributed by atoms with Gasteiger partial charge < -0.3 is 14.6 Å². The maximum atomic E-state index is 13.4. The molecule has 4 rings (SSSR count). The fraction of sp³-hybridized carbons (Fsp3) is 0.111. The van der Waals surface area contributed by atoms with Crippen molar-refractivity contribution in [3.8, 4) is 11.5 Å². The van der Waals surface area contributed by atoms with E-state index in [1.807, 2.05) is 42.5 Å². The molecule has 1 atom stereocenters. The molecule has 1 N–H and O–H groups in total. The average molecular weight is 567 g/mol. The van der Waals surface area contributed by atoms with E-state index < -0.39 is 23.5 Å². The van der Waals surface area contributed by atoms with Crippen LogP contribution in [0.5, 0.6) is 11.5 Å². The minimum absolute atomic E-state index is 0.0146. The fourth-order valence-corrected chi connectivity index (χ4v) is 4.25. The summed E-state index contributed by atoms with van der Waals surface area (Å²) >= 11 is 2.18.